The van der Waals surface area contributed by atoms with Crippen molar-refractivity contribution in [1.29, 1.82) is 5.26 Å². The predicted octanol–water partition coefficient (Wildman–Crippen LogP) is 2.50. The van der Waals surface area contributed by atoms with Gasteiger partial charge in [-0.3, -0.25) is 4.98 Å². The van der Waals surface area contributed by atoms with E-state index in [-0.39, 0.29) is 6.42 Å². The number of benzene rings is 1. The van der Waals surface area contributed by atoms with E-state index < -0.39 is 0 Å². The molecular formula is C13H8N2. The molecular weight excluding hydrogens is 184 g/mol. The minimum absolute atomic E-state index is 0.261. The minimum Gasteiger partial charge on any atom is -0.256 e. The molecule has 0 amide bonds. The van der Waals surface area contributed by atoms with Crippen LogP contribution in [0.2, 0.25) is 0 Å². The summed E-state index contributed by atoms with van der Waals surface area (Å²) in [7, 11) is 0. The second-order valence-electron chi connectivity index (χ2n) is 3.01. The molecule has 0 radical (unpaired) electrons. The number of pyridine rings is 1. The summed E-state index contributed by atoms with van der Waals surface area (Å²) in [4.78, 5) is 4.24. The zero-order valence-corrected chi connectivity index (χ0v) is 8.07. The molecule has 2 rings (SSSR count). The van der Waals surface area contributed by atoms with E-state index in [1.165, 1.54) is 0 Å². The zero-order valence-electron chi connectivity index (χ0n) is 8.07. The molecule has 2 nitrogen and oxygen atoms in total. The highest BCUT2D eigenvalue weighted by atomic mass is 14.6. The van der Waals surface area contributed by atoms with Crippen molar-refractivity contribution in [2.75, 3.05) is 0 Å². The number of nitrogens with zero attached hydrogens (tertiary/aromatic N) is 2. The maximum Gasteiger partial charge on any atom is 0.0966 e. The molecule has 15 heavy (non-hydrogen) atoms. The quantitative estimate of drug-likeness (QED) is 0.601. The number of rotatable bonds is 0. The highest BCUT2D eigenvalue weighted by Gasteiger charge is 1.96. The van der Waals surface area contributed by atoms with Crippen molar-refractivity contribution in [2.45, 2.75) is 6.42 Å². The molecule has 0 fully saturated rings. The number of nitriles is 1. The first-order valence-electron chi connectivity index (χ1n) is 4.61. The Kier molecular flexibility index (Phi) is 2.63. The van der Waals surface area contributed by atoms with Gasteiger partial charge < -0.3 is 0 Å². The Balaban J connectivity index is 2.54. The molecule has 1 aromatic carbocycles. The van der Waals surface area contributed by atoms with Crippen molar-refractivity contribution in [2.24, 2.45) is 0 Å². The van der Waals surface area contributed by atoms with E-state index in [1.54, 1.807) is 6.20 Å². The summed E-state index contributed by atoms with van der Waals surface area (Å²) in [6, 6.07) is 11.7. The van der Waals surface area contributed by atoms with E-state index in [0.29, 0.717) is 0 Å². The summed E-state index contributed by atoms with van der Waals surface area (Å²) in [5.41, 5.74) is 1.86. The fourth-order valence-corrected chi connectivity index (χ4v) is 1.38. The van der Waals surface area contributed by atoms with Crippen LogP contribution in [-0.2, 0) is 0 Å². The summed E-state index contributed by atoms with van der Waals surface area (Å²) in [6.45, 7) is 0. The Bertz CT molecular complexity index is 577. The van der Waals surface area contributed by atoms with Gasteiger partial charge in [0.05, 0.1) is 18.0 Å². The van der Waals surface area contributed by atoms with Crippen LogP contribution in [0, 0.1) is 23.2 Å². The Morgan fingerprint density at radius 3 is 2.93 bits per heavy atom. The predicted molar refractivity (Wildman–Crippen MR) is 58.9 cm³/mol. The Labute approximate surface area is 88.2 Å². The largest absolute Gasteiger partial charge is 0.256 e. The van der Waals surface area contributed by atoms with E-state index >= 15 is 0 Å². The van der Waals surface area contributed by atoms with E-state index in [9.17, 15) is 0 Å². The van der Waals surface area contributed by atoms with Crippen molar-refractivity contribution < 1.29 is 0 Å². The van der Waals surface area contributed by atoms with E-state index in [2.05, 4.69) is 16.8 Å². The fraction of sp³-hybridized carbons (Fsp3) is 0.0769. The first-order chi connectivity index (χ1) is 7.42. The average Bonchev–Trinajstić information content (AvgIpc) is 2.30. The highest BCUT2D eigenvalue weighted by molar-refractivity contribution is 5.84. The van der Waals surface area contributed by atoms with Crippen molar-refractivity contribution >= 4 is 10.9 Å². The zero-order chi connectivity index (χ0) is 10.5. The monoisotopic (exact) mass is 192 g/mol. The first-order valence-corrected chi connectivity index (χ1v) is 4.61. The van der Waals surface area contributed by atoms with Gasteiger partial charge in [0.1, 0.15) is 0 Å². The standard InChI is InChI=1S/C13H8N2/c14-9-4-3-5-11-8-10-15-13-7-2-1-6-12(11)13/h1-2,6-8,10H,4H2. The smallest absolute Gasteiger partial charge is 0.0966 e. The number of fused-ring (bicyclic) bond motifs is 1. The Hall–Kier alpha value is -2.32. The normalized spacial score (nSPS) is 9.00. The topological polar surface area (TPSA) is 36.7 Å². The average molecular weight is 192 g/mol. The van der Waals surface area contributed by atoms with E-state index in [1.807, 2.05) is 36.4 Å². The van der Waals surface area contributed by atoms with Crippen LogP contribution in [0.4, 0.5) is 0 Å². The molecule has 1 heterocycles. The molecule has 0 bridgehead atoms. The van der Waals surface area contributed by atoms with Crippen LogP contribution in [0.5, 0.6) is 0 Å². The van der Waals surface area contributed by atoms with E-state index in [4.69, 9.17) is 5.26 Å². The summed E-state index contributed by atoms with van der Waals surface area (Å²) >= 11 is 0. The molecule has 0 N–H and O–H groups in total. The molecule has 0 aliphatic heterocycles. The lowest BCUT2D eigenvalue weighted by atomic mass is 10.1. The van der Waals surface area contributed by atoms with Gasteiger partial charge in [-0.1, -0.05) is 30.0 Å². The van der Waals surface area contributed by atoms with Crippen LogP contribution in [0.15, 0.2) is 36.5 Å². The van der Waals surface area contributed by atoms with Crippen LogP contribution in [0.1, 0.15) is 12.0 Å². The first kappa shape index (κ1) is 9.24. The Morgan fingerprint density at radius 1 is 1.20 bits per heavy atom. The molecule has 2 heteroatoms. The summed E-state index contributed by atoms with van der Waals surface area (Å²) in [6.07, 6.45) is 2.00. The maximum atomic E-state index is 8.39. The third kappa shape index (κ3) is 1.95. The molecule has 70 valence electrons. The summed E-state index contributed by atoms with van der Waals surface area (Å²) in [5, 5.41) is 9.43. The van der Waals surface area contributed by atoms with Crippen molar-refractivity contribution in [3.8, 4) is 17.9 Å². The molecule has 0 saturated carbocycles. The van der Waals surface area contributed by atoms with Gasteiger partial charge in [0.2, 0.25) is 0 Å². The number of hydrogen-bond acceptors (Lipinski definition) is 2. The van der Waals surface area contributed by atoms with Gasteiger partial charge in [-0.2, -0.15) is 5.26 Å². The van der Waals surface area contributed by atoms with Gasteiger partial charge in [-0.25, -0.2) is 0 Å². The van der Waals surface area contributed by atoms with Gasteiger partial charge in [-0.15, -0.1) is 0 Å². The van der Waals surface area contributed by atoms with Gasteiger partial charge in [-0.05, 0) is 12.1 Å². The Morgan fingerprint density at radius 2 is 2.07 bits per heavy atom. The lowest BCUT2D eigenvalue weighted by molar-refractivity contribution is 1.39. The minimum atomic E-state index is 0.261. The number of para-hydroxylation sites is 1. The van der Waals surface area contributed by atoms with Gasteiger partial charge in [0.15, 0.2) is 0 Å². The van der Waals surface area contributed by atoms with Crippen LogP contribution >= 0.6 is 0 Å². The second-order valence-corrected chi connectivity index (χ2v) is 3.01. The van der Waals surface area contributed by atoms with E-state index in [0.717, 1.165) is 16.5 Å². The van der Waals surface area contributed by atoms with Crippen LogP contribution < -0.4 is 0 Å². The SMILES string of the molecule is N#CCC#Cc1ccnc2ccccc12. The summed E-state index contributed by atoms with van der Waals surface area (Å²) in [5.74, 6) is 5.78. The van der Waals surface area contributed by atoms with Crippen LogP contribution in [0.25, 0.3) is 10.9 Å². The second kappa shape index (κ2) is 4.26. The summed E-state index contributed by atoms with van der Waals surface area (Å²) < 4.78 is 0. The van der Waals surface area contributed by atoms with Crippen LogP contribution in [-0.4, -0.2) is 4.98 Å². The fourth-order valence-electron chi connectivity index (χ4n) is 1.38. The molecule has 2 aromatic rings. The molecule has 0 saturated heterocycles. The number of hydrogen-bond donors (Lipinski definition) is 0. The van der Waals surface area contributed by atoms with Crippen molar-refractivity contribution in [3.63, 3.8) is 0 Å². The molecule has 0 aliphatic rings. The van der Waals surface area contributed by atoms with Crippen LogP contribution in [0.3, 0.4) is 0 Å². The molecule has 0 atom stereocenters. The van der Waals surface area contributed by atoms with Crippen molar-refractivity contribution in [3.05, 3.63) is 42.1 Å². The van der Waals surface area contributed by atoms with Crippen molar-refractivity contribution in [1.82, 2.24) is 4.98 Å². The molecule has 0 aliphatic carbocycles. The molecule has 1 aromatic heterocycles. The third-order valence-corrected chi connectivity index (χ3v) is 2.04. The van der Waals surface area contributed by atoms with Gasteiger partial charge in [0, 0.05) is 17.1 Å². The van der Waals surface area contributed by atoms with Gasteiger partial charge >= 0.3 is 0 Å². The lowest BCUT2D eigenvalue weighted by Crippen LogP contribution is -1.82. The highest BCUT2D eigenvalue weighted by Crippen LogP contribution is 2.14. The molecule has 0 unspecified atom stereocenters. The number of aromatic nitrogens is 1. The lowest BCUT2D eigenvalue weighted by Gasteiger charge is -1.97. The maximum absolute atomic E-state index is 8.39. The third-order valence-electron chi connectivity index (χ3n) is 2.04. The van der Waals surface area contributed by atoms with Gasteiger partial charge in [0.25, 0.3) is 0 Å². The molecule has 0 spiro atoms.